The molecular weight excluding hydrogens is 458 g/mol. The summed E-state index contributed by atoms with van der Waals surface area (Å²) in [6.07, 6.45) is 0.303. The fraction of sp³-hybridized carbons (Fsp3) is 0.238. The Morgan fingerprint density at radius 3 is 2.68 bits per heavy atom. The second kappa shape index (κ2) is 7.82. The number of carbonyl (C=O) groups excluding carboxylic acids is 1. The summed E-state index contributed by atoms with van der Waals surface area (Å²) < 4.78 is 0.977. The first-order chi connectivity index (χ1) is 13.5. The molecule has 1 fully saturated rings. The van der Waals surface area contributed by atoms with Gasteiger partial charge in [-0.1, -0.05) is 57.5 Å². The van der Waals surface area contributed by atoms with Gasteiger partial charge in [0.25, 0.3) is 0 Å². The van der Waals surface area contributed by atoms with Gasteiger partial charge in [-0.25, -0.2) is 0 Å². The normalized spacial score (nSPS) is 19.5. The first-order valence-corrected chi connectivity index (χ1v) is 11.0. The van der Waals surface area contributed by atoms with Crippen LogP contribution in [0.2, 0.25) is 5.02 Å². The predicted molar refractivity (Wildman–Crippen MR) is 117 cm³/mol. The zero-order valence-electron chi connectivity index (χ0n) is 15.2. The molecule has 2 aromatic carbocycles. The standard InChI is InChI=1S/C21H17BrClN3OS/c1-13-2-7-16(8-19(13)23)25-11-26-20(27)9-17(14-3-5-15(22)6-4-14)18(10-24)21(26)28-12-25/h2-8,17H,9,11-12H2,1H3/t17-/m1/s1. The molecule has 4 nitrogen and oxygen atoms in total. The Kier molecular flexibility index (Phi) is 5.42. The van der Waals surface area contributed by atoms with Crippen LogP contribution < -0.4 is 4.90 Å². The number of rotatable bonds is 2. The van der Waals surface area contributed by atoms with Crippen LogP contribution in [0.4, 0.5) is 5.69 Å². The average molecular weight is 475 g/mol. The number of carbonyl (C=O) groups is 1. The fourth-order valence-corrected chi connectivity index (χ4v) is 5.09. The molecule has 28 heavy (non-hydrogen) atoms. The second-order valence-corrected chi connectivity index (χ2v) is 9.11. The highest BCUT2D eigenvalue weighted by Crippen LogP contribution is 2.43. The summed E-state index contributed by atoms with van der Waals surface area (Å²) in [6, 6.07) is 16.1. The summed E-state index contributed by atoms with van der Waals surface area (Å²) in [7, 11) is 0. The zero-order valence-corrected chi connectivity index (χ0v) is 18.3. The van der Waals surface area contributed by atoms with Gasteiger partial charge in [0.2, 0.25) is 5.91 Å². The molecule has 1 amide bonds. The maximum absolute atomic E-state index is 12.9. The van der Waals surface area contributed by atoms with E-state index < -0.39 is 0 Å². The minimum Gasteiger partial charge on any atom is -0.344 e. The molecule has 0 bridgehead atoms. The van der Waals surface area contributed by atoms with E-state index in [-0.39, 0.29) is 11.8 Å². The minimum absolute atomic E-state index is 0.0392. The Morgan fingerprint density at radius 1 is 1.25 bits per heavy atom. The Morgan fingerprint density at radius 2 is 2.00 bits per heavy atom. The van der Waals surface area contributed by atoms with Gasteiger partial charge >= 0.3 is 0 Å². The van der Waals surface area contributed by atoms with Gasteiger partial charge in [-0.2, -0.15) is 5.26 Å². The van der Waals surface area contributed by atoms with Crippen molar-refractivity contribution in [1.82, 2.24) is 4.90 Å². The monoisotopic (exact) mass is 473 g/mol. The minimum atomic E-state index is -0.190. The summed E-state index contributed by atoms with van der Waals surface area (Å²) >= 11 is 11.2. The van der Waals surface area contributed by atoms with Gasteiger partial charge < -0.3 is 4.90 Å². The third-order valence-electron chi connectivity index (χ3n) is 5.09. The smallest absolute Gasteiger partial charge is 0.229 e. The van der Waals surface area contributed by atoms with Crippen LogP contribution in [0.25, 0.3) is 0 Å². The first-order valence-electron chi connectivity index (χ1n) is 8.82. The van der Waals surface area contributed by atoms with Crippen LogP contribution in [-0.4, -0.2) is 23.4 Å². The number of benzene rings is 2. The zero-order chi connectivity index (χ0) is 19.8. The second-order valence-electron chi connectivity index (χ2n) is 6.85. The van der Waals surface area contributed by atoms with E-state index in [4.69, 9.17) is 11.6 Å². The van der Waals surface area contributed by atoms with Gasteiger partial charge in [0.1, 0.15) is 0 Å². The molecule has 0 aromatic heterocycles. The number of nitriles is 1. The van der Waals surface area contributed by atoms with Crippen molar-refractivity contribution in [2.24, 2.45) is 0 Å². The van der Waals surface area contributed by atoms with Crippen molar-refractivity contribution in [1.29, 1.82) is 5.26 Å². The van der Waals surface area contributed by atoms with E-state index in [9.17, 15) is 10.1 Å². The first kappa shape index (κ1) is 19.4. The molecule has 2 aliphatic heterocycles. The number of anilines is 1. The van der Waals surface area contributed by atoms with Crippen LogP contribution in [0.1, 0.15) is 23.5 Å². The largest absolute Gasteiger partial charge is 0.344 e. The van der Waals surface area contributed by atoms with Crippen LogP contribution in [0.15, 0.2) is 57.5 Å². The van der Waals surface area contributed by atoms with E-state index in [1.54, 1.807) is 4.90 Å². The lowest BCUT2D eigenvalue weighted by Gasteiger charge is -2.42. The van der Waals surface area contributed by atoms with E-state index in [0.717, 1.165) is 26.3 Å². The summed E-state index contributed by atoms with van der Waals surface area (Å²) in [5.41, 5.74) is 3.67. The molecular formula is C21H17BrClN3OS. The van der Waals surface area contributed by atoms with Crippen LogP contribution in [0, 0.1) is 18.3 Å². The third-order valence-corrected chi connectivity index (χ3v) is 7.18. The molecule has 142 valence electrons. The lowest BCUT2D eigenvalue weighted by Crippen LogP contribution is -2.47. The van der Waals surface area contributed by atoms with Crippen molar-refractivity contribution >= 4 is 50.9 Å². The summed E-state index contributed by atoms with van der Waals surface area (Å²) in [5.74, 6) is 0.513. The number of allylic oxidation sites excluding steroid dienone is 1. The predicted octanol–water partition coefficient (Wildman–Crippen LogP) is 5.63. The van der Waals surface area contributed by atoms with Gasteiger partial charge in [0, 0.05) is 27.5 Å². The molecule has 0 radical (unpaired) electrons. The average Bonchev–Trinajstić information content (AvgIpc) is 2.70. The number of amides is 1. The van der Waals surface area contributed by atoms with Gasteiger partial charge in [0.15, 0.2) is 0 Å². The third kappa shape index (κ3) is 3.55. The number of thioether (sulfide) groups is 1. The summed E-state index contributed by atoms with van der Waals surface area (Å²) in [5, 5.41) is 11.3. The Labute approximate surface area is 181 Å². The maximum Gasteiger partial charge on any atom is 0.229 e. The quantitative estimate of drug-likeness (QED) is 0.566. The SMILES string of the molecule is Cc1ccc(N2CSC3=C(C#N)[C@@H](c4ccc(Br)cc4)CC(=O)N3C2)cc1Cl. The molecule has 2 heterocycles. The van der Waals surface area contributed by atoms with Crippen molar-refractivity contribution in [2.75, 3.05) is 17.4 Å². The maximum atomic E-state index is 12.9. The summed E-state index contributed by atoms with van der Waals surface area (Å²) in [6.45, 7) is 2.40. The van der Waals surface area contributed by atoms with Crippen molar-refractivity contribution < 1.29 is 4.79 Å². The molecule has 0 aliphatic carbocycles. The van der Waals surface area contributed by atoms with E-state index in [1.807, 2.05) is 49.4 Å². The molecule has 1 atom stereocenters. The Balaban J connectivity index is 1.65. The van der Waals surface area contributed by atoms with Crippen LogP contribution in [0.5, 0.6) is 0 Å². The van der Waals surface area contributed by atoms with Gasteiger partial charge in [-0.05, 0) is 42.3 Å². The van der Waals surface area contributed by atoms with Crippen molar-refractivity contribution in [3.05, 3.63) is 73.7 Å². The van der Waals surface area contributed by atoms with Gasteiger partial charge in [-0.3, -0.25) is 9.69 Å². The van der Waals surface area contributed by atoms with Crippen molar-refractivity contribution in [2.45, 2.75) is 19.3 Å². The molecule has 0 unspecified atom stereocenters. The lowest BCUT2D eigenvalue weighted by molar-refractivity contribution is -0.129. The Hall–Kier alpha value is -1.94. The molecule has 7 heteroatoms. The van der Waals surface area contributed by atoms with Gasteiger partial charge in [0.05, 0.1) is 29.2 Å². The molecule has 0 spiro atoms. The van der Waals surface area contributed by atoms with Crippen LogP contribution in [0.3, 0.4) is 0 Å². The summed E-state index contributed by atoms with van der Waals surface area (Å²) in [4.78, 5) is 16.8. The number of fused-ring (bicyclic) bond motifs is 1. The number of hydrogen-bond acceptors (Lipinski definition) is 4. The van der Waals surface area contributed by atoms with Crippen molar-refractivity contribution in [3.63, 3.8) is 0 Å². The van der Waals surface area contributed by atoms with Gasteiger partial charge in [-0.15, -0.1) is 0 Å². The number of hydrogen-bond donors (Lipinski definition) is 0. The molecule has 4 rings (SSSR count). The highest BCUT2D eigenvalue weighted by atomic mass is 79.9. The van der Waals surface area contributed by atoms with Crippen LogP contribution in [-0.2, 0) is 4.79 Å². The van der Waals surface area contributed by atoms with E-state index in [2.05, 4.69) is 26.9 Å². The van der Waals surface area contributed by atoms with Crippen molar-refractivity contribution in [3.8, 4) is 6.07 Å². The van der Waals surface area contributed by atoms with E-state index in [0.29, 0.717) is 29.6 Å². The molecule has 2 aliphatic rings. The van der Waals surface area contributed by atoms with E-state index >= 15 is 0 Å². The lowest BCUT2D eigenvalue weighted by atomic mass is 9.86. The molecule has 2 aromatic rings. The molecule has 0 saturated carbocycles. The topological polar surface area (TPSA) is 47.3 Å². The number of halogens is 2. The van der Waals surface area contributed by atoms with Crippen LogP contribution >= 0.6 is 39.3 Å². The highest BCUT2D eigenvalue weighted by Gasteiger charge is 2.38. The van der Waals surface area contributed by atoms with E-state index in [1.165, 1.54) is 11.8 Å². The molecule has 1 saturated heterocycles. The highest BCUT2D eigenvalue weighted by molar-refractivity contribution is 9.10. The Bertz CT molecular complexity index is 1020. The molecule has 0 N–H and O–H groups in total. The number of aryl methyl sites for hydroxylation is 1. The fourth-order valence-electron chi connectivity index (χ4n) is 3.48. The number of nitrogens with zero attached hydrogens (tertiary/aromatic N) is 3.